The van der Waals surface area contributed by atoms with E-state index in [1.165, 1.54) is 0 Å². The Morgan fingerprint density at radius 1 is 1.19 bits per heavy atom. The first-order valence-electron chi connectivity index (χ1n) is 8.58. The van der Waals surface area contributed by atoms with Gasteiger partial charge in [-0.05, 0) is 59.7 Å². The van der Waals surface area contributed by atoms with Crippen LogP contribution in [0.1, 0.15) is 24.4 Å². The topological polar surface area (TPSA) is 88.7 Å². The van der Waals surface area contributed by atoms with E-state index in [-0.39, 0.29) is 0 Å². The fourth-order valence-electron chi connectivity index (χ4n) is 2.71. The van der Waals surface area contributed by atoms with E-state index in [1.54, 1.807) is 24.3 Å². The lowest BCUT2D eigenvalue weighted by molar-refractivity contribution is 0.333. The van der Waals surface area contributed by atoms with E-state index >= 15 is 0 Å². The van der Waals surface area contributed by atoms with Crippen molar-refractivity contribution in [1.82, 2.24) is 20.2 Å². The third-order valence-corrected chi connectivity index (χ3v) is 4.19. The van der Waals surface area contributed by atoms with Crippen LogP contribution in [0.3, 0.4) is 0 Å². The predicted octanol–water partition coefficient (Wildman–Crippen LogP) is 3.04. The second-order valence-electron chi connectivity index (χ2n) is 6.17. The summed E-state index contributed by atoms with van der Waals surface area (Å²) in [6.07, 6.45) is 2.28. The summed E-state index contributed by atoms with van der Waals surface area (Å²) in [4.78, 5) is 0. The van der Waals surface area contributed by atoms with Crippen molar-refractivity contribution in [2.24, 2.45) is 0 Å². The molecule has 0 saturated heterocycles. The molecule has 1 heterocycles. The number of hydrogen-bond acceptors (Lipinski definition) is 6. The van der Waals surface area contributed by atoms with Crippen molar-refractivity contribution < 1.29 is 4.74 Å². The highest BCUT2D eigenvalue weighted by Gasteiger charge is 2.28. The molecule has 1 aromatic heterocycles. The Hall–Kier alpha value is -3.40. The second-order valence-corrected chi connectivity index (χ2v) is 6.17. The van der Waals surface area contributed by atoms with Gasteiger partial charge in [-0.15, -0.1) is 5.10 Å². The summed E-state index contributed by atoms with van der Waals surface area (Å²) in [5.74, 6) is 1.56. The fourth-order valence-corrected chi connectivity index (χ4v) is 2.71. The summed E-state index contributed by atoms with van der Waals surface area (Å²) >= 11 is 0. The van der Waals surface area contributed by atoms with Gasteiger partial charge in [-0.2, -0.15) is 5.26 Å². The molecule has 0 spiro atoms. The molecule has 1 saturated carbocycles. The van der Waals surface area contributed by atoms with Crippen LogP contribution in [0.25, 0.3) is 11.4 Å². The molecular weight excluding hydrogens is 328 g/mol. The molecule has 0 atom stereocenters. The van der Waals surface area contributed by atoms with Gasteiger partial charge in [0.1, 0.15) is 12.4 Å². The molecule has 1 aliphatic rings. The molecule has 7 nitrogen and oxygen atoms in total. The molecule has 4 rings (SSSR count). The minimum Gasteiger partial charge on any atom is -0.492 e. The highest BCUT2D eigenvalue weighted by Crippen LogP contribution is 2.36. The molecule has 0 aliphatic heterocycles. The van der Waals surface area contributed by atoms with Crippen LogP contribution in [-0.2, 0) is 0 Å². The lowest BCUT2D eigenvalue weighted by Crippen LogP contribution is -2.11. The lowest BCUT2D eigenvalue weighted by atomic mass is 10.2. The van der Waals surface area contributed by atoms with Crippen molar-refractivity contribution in [3.63, 3.8) is 0 Å². The highest BCUT2D eigenvalue weighted by molar-refractivity contribution is 5.62. The minimum atomic E-state index is 0.442. The van der Waals surface area contributed by atoms with Gasteiger partial charge in [0, 0.05) is 17.8 Å². The van der Waals surface area contributed by atoms with Gasteiger partial charge in [-0.25, -0.2) is 4.68 Å². The van der Waals surface area contributed by atoms with Gasteiger partial charge in [0.15, 0.2) is 5.82 Å². The van der Waals surface area contributed by atoms with E-state index in [4.69, 9.17) is 10.00 Å². The van der Waals surface area contributed by atoms with Crippen molar-refractivity contribution in [2.75, 3.05) is 18.5 Å². The largest absolute Gasteiger partial charge is 0.492 e. The highest BCUT2D eigenvalue weighted by atomic mass is 16.5. The maximum Gasteiger partial charge on any atom is 0.182 e. The van der Waals surface area contributed by atoms with Gasteiger partial charge in [-0.1, -0.05) is 12.1 Å². The zero-order valence-electron chi connectivity index (χ0n) is 14.2. The Bertz CT molecular complexity index is 924. The van der Waals surface area contributed by atoms with Crippen molar-refractivity contribution in [2.45, 2.75) is 18.9 Å². The predicted molar refractivity (Wildman–Crippen MR) is 96.7 cm³/mol. The normalized spacial score (nSPS) is 13.2. The Balaban J connectivity index is 1.34. The van der Waals surface area contributed by atoms with E-state index in [2.05, 4.69) is 26.9 Å². The summed E-state index contributed by atoms with van der Waals surface area (Å²) in [6, 6.07) is 17.7. The van der Waals surface area contributed by atoms with Crippen LogP contribution in [0.4, 0.5) is 5.69 Å². The maximum absolute atomic E-state index is 8.80. The number of aromatic nitrogens is 4. The van der Waals surface area contributed by atoms with E-state index in [9.17, 15) is 0 Å². The molecule has 1 N–H and O–H groups in total. The molecular formula is C19H18N6O. The number of hydrogen-bond donors (Lipinski definition) is 1. The minimum absolute atomic E-state index is 0.442. The zero-order valence-corrected chi connectivity index (χ0v) is 14.2. The van der Waals surface area contributed by atoms with Crippen LogP contribution >= 0.6 is 0 Å². The second kappa shape index (κ2) is 7.23. The first-order chi connectivity index (χ1) is 12.8. The van der Waals surface area contributed by atoms with E-state index in [1.807, 2.05) is 28.9 Å². The van der Waals surface area contributed by atoms with Crippen LogP contribution in [-0.4, -0.2) is 33.4 Å². The monoisotopic (exact) mass is 346 g/mol. The number of nitrogens with one attached hydrogen (secondary N) is 1. The lowest BCUT2D eigenvalue weighted by Gasteiger charge is -2.10. The molecule has 0 bridgehead atoms. The van der Waals surface area contributed by atoms with Crippen LogP contribution in [0, 0.1) is 11.3 Å². The molecule has 3 aromatic rings. The summed E-state index contributed by atoms with van der Waals surface area (Å²) in [6.45, 7) is 1.19. The average Bonchev–Trinajstić information content (AvgIpc) is 3.42. The first-order valence-corrected chi connectivity index (χ1v) is 8.58. The van der Waals surface area contributed by atoms with E-state index in [0.29, 0.717) is 24.8 Å². The Morgan fingerprint density at radius 2 is 2.04 bits per heavy atom. The van der Waals surface area contributed by atoms with Crippen molar-refractivity contribution in [1.29, 1.82) is 5.26 Å². The number of ether oxygens (including phenoxy) is 1. The fraction of sp³-hybridized carbons (Fsp3) is 0.263. The van der Waals surface area contributed by atoms with Crippen LogP contribution in [0.15, 0.2) is 48.5 Å². The van der Waals surface area contributed by atoms with Gasteiger partial charge in [0.25, 0.3) is 0 Å². The summed E-state index contributed by atoms with van der Waals surface area (Å²) < 4.78 is 7.59. The molecule has 0 unspecified atom stereocenters. The molecule has 130 valence electrons. The number of nitrogens with zero attached hydrogens (tertiary/aromatic N) is 5. The standard InChI is InChI=1S/C19H18N6O/c20-13-14-4-8-18(9-5-14)26-11-10-21-16-3-1-2-15(12-16)19-22-23-24-25(19)17-6-7-17/h1-5,8-9,12,17,21H,6-7,10-11H2. The summed E-state index contributed by atoms with van der Waals surface area (Å²) in [5.41, 5.74) is 2.62. The third-order valence-electron chi connectivity index (χ3n) is 4.19. The molecule has 0 amide bonds. The number of rotatable bonds is 7. The van der Waals surface area contributed by atoms with Gasteiger partial charge in [-0.3, -0.25) is 0 Å². The van der Waals surface area contributed by atoms with Crippen LogP contribution in [0.5, 0.6) is 5.75 Å². The third kappa shape index (κ3) is 3.64. The summed E-state index contributed by atoms with van der Waals surface area (Å²) in [7, 11) is 0. The van der Waals surface area contributed by atoms with Crippen LogP contribution in [0.2, 0.25) is 0 Å². The van der Waals surface area contributed by atoms with E-state index in [0.717, 1.165) is 35.7 Å². The Labute approximate surface area is 151 Å². The molecule has 0 radical (unpaired) electrons. The average molecular weight is 346 g/mol. The maximum atomic E-state index is 8.80. The zero-order chi connectivity index (χ0) is 17.8. The van der Waals surface area contributed by atoms with Gasteiger partial charge < -0.3 is 10.1 Å². The summed E-state index contributed by atoms with van der Waals surface area (Å²) in [5, 5.41) is 24.2. The Morgan fingerprint density at radius 3 is 2.81 bits per heavy atom. The first kappa shape index (κ1) is 16.1. The van der Waals surface area contributed by atoms with Crippen molar-refractivity contribution >= 4 is 5.69 Å². The molecule has 7 heteroatoms. The van der Waals surface area contributed by atoms with Gasteiger partial charge in [0.2, 0.25) is 0 Å². The van der Waals surface area contributed by atoms with Gasteiger partial charge in [0.05, 0.1) is 17.7 Å². The molecule has 2 aromatic carbocycles. The van der Waals surface area contributed by atoms with Crippen molar-refractivity contribution in [3.8, 4) is 23.2 Å². The Kier molecular flexibility index (Phi) is 4.48. The van der Waals surface area contributed by atoms with E-state index < -0.39 is 0 Å². The number of tetrazole rings is 1. The van der Waals surface area contributed by atoms with Gasteiger partial charge >= 0.3 is 0 Å². The number of nitriles is 1. The smallest absolute Gasteiger partial charge is 0.182 e. The molecule has 1 fully saturated rings. The quantitative estimate of drug-likeness (QED) is 0.662. The van der Waals surface area contributed by atoms with Crippen LogP contribution < -0.4 is 10.1 Å². The number of benzene rings is 2. The van der Waals surface area contributed by atoms with Crippen molar-refractivity contribution in [3.05, 3.63) is 54.1 Å². The SMILES string of the molecule is N#Cc1ccc(OCCNc2cccc(-c3nnnn3C3CC3)c2)cc1. The number of anilines is 1. The molecule has 1 aliphatic carbocycles. The molecule has 26 heavy (non-hydrogen) atoms.